The van der Waals surface area contributed by atoms with Crippen LogP contribution in [0.25, 0.3) is 0 Å². The molecule has 4 rings (SSSR count). The van der Waals surface area contributed by atoms with Gasteiger partial charge in [-0.05, 0) is 99.0 Å². The van der Waals surface area contributed by atoms with Crippen molar-refractivity contribution < 1.29 is 13.9 Å². The van der Waals surface area contributed by atoms with Crippen LogP contribution in [0.15, 0.2) is 23.8 Å². The summed E-state index contributed by atoms with van der Waals surface area (Å²) in [4.78, 5) is 3.97. The number of hydrogen-bond acceptors (Lipinski definition) is 3. The number of allylic oxidation sites excluding steroid dienone is 1. The number of rotatable bonds is 8. The van der Waals surface area contributed by atoms with Crippen LogP contribution in [-0.4, -0.2) is 18.2 Å². The fraction of sp³-hybridized carbons (Fsp3) is 0.741. The Morgan fingerprint density at radius 3 is 2.39 bits per heavy atom. The smallest absolute Gasteiger partial charge is 0.258 e. The van der Waals surface area contributed by atoms with Crippen LogP contribution < -0.4 is 9.47 Å². The Balaban J connectivity index is 1.20. The fourth-order valence-electron chi connectivity index (χ4n) is 5.90. The highest BCUT2D eigenvalue weighted by Crippen LogP contribution is 2.41. The lowest BCUT2D eigenvalue weighted by molar-refractivity contribution is 0.165. The minimum Gasteiger partial charge on any atom is -0.488 e. The van der Waals surface area contributed by atoms with E-state index in [-0.39, 0.29) is 5.75 Å². The van der Waals surface area contributed by atoms with Crippen molar-refractivity contribution >= 4 is 0 Å². The molecule has 3 aliphatic rings. The van der Waals surface area contributed by atoms with Gasteiger partial charge in [0.15, 0.2) is 5.75 Å². The molecular weight excluding hydrogens is 389 g/mol. The van der Waals surface area contributed by atoms with E-state index in [1.165, 1.54) is 69.8 Å². The maximum atomic E-state index is 14.3. The van der Waals surface area contributed by atoms with Gasteiger partial charge in [-0.1, -0.05) is 32.8 Å². The largest absolute Gasteiger partial charge is 0.488 e. The molecule has 1 atom stereocenters. The summed E-state index contributed by atoms with van der Waals surface area (Å²) in [5, 5.41) is 0. The Bertz CT molecular complexity index is 733. The fourth-order valence-corrected chi connectivity index (χ4v) is 5.90. The van der Waals surface area contributed by atoms with Gasteiger partial charge in [-0.3, -0.25) is 0 Å². The SMILES string of the molecule is CC(C)C1CCC(C2CC=C(COc3ccc(OCC4CCCC4)c(F)n3)CC2)CC1. The van der Waals surface area contributed by atoms with Crippen LogP contribution in [0, 0.1) is 35.5 Å². The summed E-state index contributed by atoms with van der Waals surface area (Å²) >= 11 is 0. The summed E-state index contributed by atoms with van der Waals surface area (Å²) in [7, 11) is 0. The Morgan fingerprint density at radius 2 is 1.74 bits per heavy atom. The predicted molar refractivity (Wildman–Crippen MR) is 123 cm³/mol. The molecule has 1 unspecified atom stereocenters. The predicted octanol–water partition coefficient (Wildman–Crippen LogP) is 7.36. The lowest BCUT2D eigenvalue weighted by Gasteiger charge is -2.36. The standard InChI is InChI=1S/C27H40FNO2/c1-19(2)22-11-13-24(14-12-22)23-9-7-21(8-10-23)18-31-26-16-15-25(27(28)29-26)30-17-20-5-3-4-6-20/h7,15-16,19-20,22-24H,3-6,8-14,17-18H2,1-2H3. The first-order valence-electron chi connectivity index (χ1n) is 12.7. The van der Waals surface area contributed by atoms with Gasteiger partial charge in [0, 0.05) is 6.07 Å². The van der Waals surface area contributed by atoms with E-state index < -0.39 is 5.95 Å². The number of ether oxygens (including phenoxy) is 2. The van der Waals surface area contributed by atoms with Crippen molar-refractivity contribution in [2.45, 2.75) is 84.5 Å². The van der Waals surface area contributed by atoms with Gasteiger partial charge in [-0.15, -0.1) is 0 Å². The number of nitrogens with zero attached hydrogens (tertiary/aromatic N) is 1. The van der Waals surface area contributed by atoms with Crippen LogP contribution in [0.4, 0.5) is 4.39 Å². The van der Waals surface area contributed by atoms with E-state index in [0.29, 0.717) is 25.0 Å². The molecule has 0 aliphatic heterocycles. The Hall–Kier alpha value is -1.58. The summed E-state index contributed by atoms with van der Waals surface area (Å²) in [6, 6.07) is 3.39. The molecule has 0 aromatic carbocycles. The molecule has 1 aromatic heterocycles. The average Bonchev–Trinajstić information content (AvgIpc) is 3.31. The van der Waals surface area contributed by atoms with E-state index in [4.69, 9.17) is 9.47 Å². The van der Waals surface area contributed by atoms with Crippen molar-refractivity contribution in [3.8, 4) is 11.6 Å². The van der Waals surface area contributed by atoms with Crippen LogP contribution >= 0.6 is 0 Å². The molecule has 0 amide bonds. The zero-order chi connectivity index (χ0) is 21.6. The number of pyridine rings is 1. The molecular formula is C27H40FNO2. The molecule has 1 aromatic rings. The Labute approximate surface area is 187 Å². The highest BCUT2D eigenvalue weighted by Gasteiger charge is 2.29. The van der Waals surface area contributed by atoms with Crippen molar-refractivity contribution in [1.82, 2.24) is 4.98 Å². The van der Waals surface area contributed by atoms with Gasteiger partial charge >= 0.3 is 0 Å². The van der Waals surface area contributed by atoms with Crippen molar-refractivity contribution in [3.05, 3.63) is 29.7 Å². The van der Waals surface area contributed by atoms with E-state index in [9.17, 15) is 4.39 Å². The van der Waals surface area contributed by atoms with Gasteiger partial charge in [-0.2, -0.15) is 9.37 Å². The zero-order valence-electron chi connectivity index (χ0n) is 19.5. The third-order valence-corrected chi connectivity index (χ3v) is 8.12. The number of hydrogen-bond donors (Lipinski definition) is 0. The van der Waals surface area contributed by atoms with Crippen molar-refractivity contribution in [3.63, 3.8) is 0 Å². The van der Waals surface area contributed by atoms with Crippen LogP contribution in [0.2, 0.25) is 0 Å². The van der Waals surface area contributed by atoms with E-state index in [0.717, 1.165) is 30.1 Å². The highest BCUT2D eigenvalue weighted by molar-refractivity contribution is 5.25. The first kappa shape index (κ1) is 22.6. The third-order valence-electron chi connectivity index (χ3n) is 8.12. The van der Waals surface area contributed by atoms with Crippen LogP contribution in [0.5, 0.6) is 11.6 Å². The molecule has 2 fully saturated rings. The Kier molecular flexibility index (Phi) is 7.90. The topological polar surface area (TPSA) is 31.4 Å². The second kappa shape index (κ2) is 10.8. The lowest BCUT2D eigenvalue weighted by atomic mass is 9.69. The minimum atomic E-state index is -0.565. The molecule has 1 heterocycles. The molecule has 0 radical (unpaired) electrons. The summed E-state index contributed by atoms with van der Waals surface area (Å²) in [5.74, 6) is 4.10. The molecule has 31 heavy (non-hydrogen) atoms. The Morgan fingerprint density at radius 1 is 0.968 bits per heavy atom. The molecule has 0 N–H and O–H groups in total. The maximum absolute atomic E-state index is 14.3. The van der Waals surface area contributed by atoms with Crippen molar-refractivity contribution in [1.29, 1.82) is 0 Å². The summed E-state index contributed by atoms with van der Waals surface area (Å²) in [5.41, 5.74) is 1.33. The maximum Gasteiger partial charge on any atom is 0.258 e. The molecule has 0 spiro atoms. The number of aromatic nitrogens is 1. The van der Waals surface area contributed by atoms with E-state index in [2.05, 4.69) is 24.9 Å². The first-order valence-corrected chi connectivity index (χ1v) is 12.7. The van der Waals surface area contributed by atoms with Crippen molar-refractivity contribution in [2.75, 3.05) is 13.2 Å². The number of halogens is 1. The zero-order valence-corrected chi connectivity index (χ0v) is 19.5. The first-order chi connectivity index (χ1) is 15.1. The van der Waals surface area contributed by atoms with Crippen LogP contribution in [0.3, 0.4) is 0 Å². The minimum absolute atomic E-state index is 0.242. The molecule has 3 aliphatic carbocycles. The quantitative estimate of drug-likeness (QED) is 0.319. The molecule has 2 saturated carbocycles. The molecule has 4 heteroatoms. The normalized spacial score (nSPS) is 27.4. The van der Waals surface area contributed by atoms with Gasteiger partial charge in [-0.25, -0.2) is 0 Å². The second-order valence-electron chi connectivity index (χ2n) is 10.5. The van der Waals surface area contributed by atoms with Crippen LogP contribution in [0.1, 0.15) is 84.5 Å². The van der Waals surface area contributed by atoms with Gasteiger partial charge in [0.1, 0.15) is 6.61 Å². The second-order valence-corrected chi connectivity index (χ2v) is 10.5. The third kappa shape index (κ3) is 6.23. The molecule has 172 valence electrons. The van der Waals surface area contributed by atoms with Gasteiger partial charge in [0.25, 0.3) is 5.95 Å². The highest BCUT2D eigenvalue weighted by atomic mass is 19.1. The van der Waals surface area contributed by atoms with Gasteiger partial charge in [0.2, 0.25) is 5.88 Å². The average molecular weight is 430 g/mol. The summed E-state index contributed by atoms with van der Waals surface area (Å²) in [6.45, 7) is 5.85. The molecule has 0 saturated heterocycles. The van der Waals surface area contributed by atoms with Gasteiger partial charge < -0.3 is 9.47 Å². The summed E-state index contributed by atoms with van der Waals surface area (Å²) < 4.78 is 25.8. The van der Waals surface area contributed by atoms with Crippen LogP contribution in [-0.2, 0) is 0 Å². The summed E-state index contributed by atoms with van der Waals surface area (Å²) in [6.07, 6.45) is 16.4. The molecule has 3 nitrogen and oxygen atoms in total. The van der Waals surface area contributed by atoms with E-state index in [1.54, 1.807) is 12.1 Å². The van der Waals surface area contributed by atoms with Crippen molar-refractivity contribution in [2.24, 2.45) is 29.6 Å². The molecule has 0 bridgehead atoms. The monoisotopic (exact) mass is 429 g/mol. The van der Waals surface area contributed by atoms with E-state index >= 15 is 0 Å². The lowest BCUT2D eigenvalue weighted by Crippen LogP contribution is -2.25. The van der Waals surface area contributed by atoms with Gasteiger partial charge in [0.05, 0.1) is 6.61 Å². The van der Waals surface area contributed by atoms with E-state index in [1.807, 2.05) is 0 Å².